The number of ether oxygens (including phenoxy) is 1. The van der Waals surface area contributed by atoms with Crippen molar-refractivity contribution < 1.29 is 24.5 Å². The maximum Gasteiger partial charge on any atom is 0.295 e. The number of aryl methyl sites for hydroxylation is 1. The number of carbonyl (C=O) groups is 2. The van der Waals surface area contributed by atoms with Crippen molar-refractivity contribution in [1.82, 2.24) is 4.90 Å². The summed E-state index contributed by atoms with van der Waals surface area (Å²) < 4.78 is 5.67. The van der Waals surface area contributed by atoms with Crippen LogP contribution in [0, 0.1) is 0 Å². The van der Waals surface area contributed by atoms with Gasteiger partial charge in [-0.2, -0.15) is 0 Å². The normalized spacial score (nSPS) is 22.8. The van der Waals surface area contributed by atoms with Crippen molar-refractivity contribution >= 4 is 29.1 Å². The van der Waals surface area contributed by atoms with Crippen molar-refractivity contribution in [2.24, 2.45) is 0 Å². The number of Topliss-reactive ketones (excluding diaryl/α,β-unsaturated/α-hetero) is 1. The summed E-state index contributed by atoms with van der Waals surface area (Å²) in [6, 6.07) is 9.17. The molecule has 2 aliphatic heterocycles. The first-order valence-electron chi connectivity index (χ1n) is 11.5. The molecule has 33 heavy (non-hydrogen) atoms. The highest BCUT2D eigenvalue weighted by Gasteiger charge is 2.49. The Morgan fingerprint density at radius 2 is 1.82 bits per heavy atom. The highest BCUT2D eigenvalue weighted by Crippen LogP contribution is 2.44. The minimum absolute atomic E-state index is 0.0593. The summed E-state index contributed by atoms with van der Waals surface area (Å²) in [6.45, 7) is 0.659. The number of amides is 1. The van der Waals surface area contributed by atoms with Gasteiger partial charge < -0.3 is 19.8 Å². The molecule has 0 radical (unpaired) electrons. The molecule has 2 aromatic carbocycles. The van der Waals surface area contributed by atoms with Gasteiger partial charge in [-0.3, -0.25) is 9.59 Å². The fourth-order valence-electron chi connectivity index (χ4n) is 5.27. The molecule has 0 spiro atoms. The first-order chi connectivity index (χ1) is 16.0. The molecule has 5 rings (SSSR count). The molecule has 2 aromatic rings. The van der Waals surface area contributed by atoms with E-state index in [1.54, 1.807) is 29.2 Å². The third-order valence-corrected chi connectivity index (χ3v) is 7.22. The maximum atomic E-state index is 13.3. The predicted molar refractivity (Wildman–Crippen MR) is 124 cm³/mol. The molecule has 0 bridgehead atoms. The molecule has 0 aromatic heterocycles. The zero-order valence-electron chi connectivity index (χ0n) is 18.2. The van der Waals surface area contributed by atoms with Crippen LogP contribution in [0.25, 0.3) is 5.76 Å². The Morgan fingerprint density at radius 1 is 1.03 bits per heavy atom. The Balaban J connectivity index is 1.65. The molecule has 1 saturated carbocycles. The summed E-state index contributed by atoms with van der Waals surface area (Å²) in [5.41, 5.74) is 2.10. The van der Waals surface area contributed by atoms with E-state index in [0.29, 0.717) is 17.7 Å². The molecule has 7 heteroatoms. The molecule has 2 fully saturated rings. The first kappa shape index (κ1) is 21.8. The average molecular weight is 468 g/mol. The van der Waals surface area contributed by atoms with E-state index in [4.69, 9.17) is 16.3 Å². The van der Waals surface area contributed by atoms with E-state index in [1.807, 2.05) is 6.07 Å². The Kier molecular flexibility index (Phi) is 5.79. The van der Waals surface area contributed by atoms with Crippen molar-refractivity contribution in [3.63, 3.8) is 0 Å². The lowest BCUT2D eigenvalue weighted by molar-refractivity contribution is -0.141. The minimum Gasteiger partial charge on any atom is -0.507 e. The lowest BCUT2D eigenvalue weighted by Crippen LogP contribution is -2.40. The van der Waals surface area contributed by atoms with Crippen molar-refractivity contribution in [2.75, 3.05) is 6.61 Å². The number of rotatable bonds is 3. The molecule has 1 unspecified atom stereocenters. The second kappa shape index (κ2) is 8.75. The largest absolute Gasteiger partial charge is 0.507 e. The van der Waals surface area contributed by atoms with E-state index in [0.717, 1.165) is 56.3 Å². The fraction of sp³-hybridized carbons (Fsp3) is 0.385. The molecule has 2 heterocycles. The van der Waals surface area contributed by atoms with Crippen LogP contribution in [0.5, 0.6) is 11.5 Å². The number of fused-ring (bicyclic) bond motifs is 1. The van der Waals surface area contributed by atoms with E-state index in [1.165, 1.54) is 6.07 Å². The maximum absolute atomic E-state index is 13.3. The Hall–Kier alpha value is -2.99. The van der Waals surface area contributed by atoms with Crippen molar-refractivity contribution in [2.45, 2.75) is 57.0 Å². The van der Waals surface area contributed by atoms with Crippen molar-refractivity contribution in [1.29, 1.82) is 0 Å². The van der Waals surface area contributed by atoms with Gasteiger partial charge in [0.05, 0.1) is 23.2 Å². The van der Waals surface area contributed by atoms with Gasteiger partial charge in [-0.15, -0.1) is 0 Å². The number of hydrogen-bond donors (Lipinski definition) is 2. The molecular weight excluding hydrogens is 442 g/mol. The molecule has 2 N–H and O–H groups in total. The third kappa shape index (κ3) is 3.86. The van der Waals surface area contributed by atoms with Crippen molar-refractivity contribution in [3.8, 4) is 11.5 Å². The number of benzene rings is 2. The van der Waals surface area contributed by atoms with Gasteiger partial charge in [0.2, 0.25) is 0 Å². The van der Waals surface area contributed by atoms with Gasteiger partial charge in [-0.1, -0.05) is 36.9 Å². The van der Waals surface area contributed by atoms with Crippen LogP contribution in [0.3, 0.4) is 0 Å². The predicted octanol–water partition coefficient (Wildman–Crippen LogP) is 5.13. The summed E-state index contributed by atoms with van der Waals surface area (Å²) >= 11 is 6.19. The highest BCUT2D eigenvalue weighted by atomic mass is 35.5. The van der Waals surface area contributed by atoms with Crippen LogP contribution < -0.4 is 4.74 Å². The zero-order chi connectivity index (χ0) is 23.1. The van der Waals surface area contributed by atoms with Gasteiger partial charge in [0, 0.05) is 11.6 Å². The lowest BCUT2D eigenvalue weighted by atomic mass is 9.90. The third-order valence-electron chi connectivity index (χ3n) is 6.92. The summed E-state index contributed by atoms with van der Waals surface area (Å²) in [7, 11) is 0. The number of phenols is 1. The number of aliphatic hydroxyl groups excluding tert-OH is 1. The topological polar surface area (TPSA) is 87.1 Å². The highest BCUT2D eigenvalue weighted by molar-refractivity contribution is 6.46. The number of carbonyl (C=O) groups excluding carboxylic acids is 2. The Morgan fingerprint density at radius 3 is 2.58 bits per heavy atom. The summed E-state index contributed by atoms with van der Waals surface area (Å²) in [5.74, 6) is -0.790. The summed E-state index contributed by atoms with van der Waals surface area (Å²) in [6.07, 6.45) is 6.41. The number of aliphatic hydroxyl groups is 1. The van der Waals surface area contributed by atoms with E-state index in [-0.39, 0.29) is 28.1 Å². The van der Waals surface area contributed by atoms with E-state index >= 15 is 0 Å². The molecule has 6 nitrogen and oxygen atoms in total. The van der Waals surface area contributed by atoms with Crippen LogP contribution in [0.2, 0.25) is 5.02 Å². The fourth-order valence-corrected chi connectivity index (χ4v) is 5.46. The smallest absolute Gasteiger partial charge is 0.295 e. The average Bonchev–Trinajstić information content (AvgIpc) is 3.11. The van der Waals surface area contributed by atoms with Crippen LogP contribution >= 0.6 is 11.6 Å². The Labute approximate surface area is 197 Å². The molecule has 1 atom stereocenters. The lowest BCUT2D eigenvalue weighted by Gasteiger charge is -2.35. The molecular formula is C26H26ClNO5. The van der Waals surface area contributed by atoms with Gasteiger partial charge >= 0.3 is 0 Å². The number of nitrogens with zero attached hydrogens (tertiary/aromatic N) is 1. The number of hydrogen-bond acceptors (Lipinski definition) is 5. The van der Waals surface area contributed by atoms with Gasteiger partial charge in [-0.05, 0) is 67.1 Å². The Bertz CT molecular complexity index is 1150. The number of aromatic hydroxyl groups is 1. The molecule has 3 aliphatic rings. The summed E-state index contributed by atoms with van der Waals surface area (Å²) in [5, 5.41) is 21.4. The molecule has 1 aliphatic carbocycles. The SMILES string of the molecule is O=C1C(=O)N(C2CCCCC2)C(c2ccc(O)c(Cl)c2)/C1=C(/O)c1ccc2c(c1)CCCO2. The van der Waals surface area contributed by atoms with Crippen LogP contribution in [-0.4, -0.2) is 39.5 Å². The van der Waals surface area contributed by atoms with E-state index in [9.17, 15) is 19.8 Å². The zero-order valence-corrected chi connectivity index (χ0v) is 19.0. The standard InChI is InChI=1S/C26H26ClNO5/c27-19-14-16(8-10-20(19)29)23-22(25(31)26(32)28(23)18-6-2-1-3-7-18)24(30)17-9-11-21-15(13-17)5-4-12-33-21/h8-11,13-14,18,23,29-30H,1-7,12H2/b24-22-. The second-order valence-corrected chi connectivity index (χ2v) is 9.39. The van der Waals surface area contributed by atoms with Gasteiger partial charge in [0.15, 0.2) is 0 Å². The first-order valence-corrected chi connectivity index (χ1v) is 11.9. The van der Waals surface area contributed by atoms with Crippen LogP contribution in [0.4, 0.5) is 0 Å². The summed E-state index contributed by atoms with van der Waals surface area (Å²) in [4.78, 5) is 28.2. The molecule has 172 valence electrons. The van der Waals surface area contributed by atoms with Crippen LogP contribution in [0.15, 0.2) is 42.0 Å². The number of phenolic OH excluding ortho intramolecular Hbond substituents is 1. The van der Waals surface area contributed by atoms with Gasteiger partial charge in [-0.25, -0.2) is 0 Å². The number of ketones is 1. The van der Waals surface area contributed by atoms with Crippen LogP contribution in [-0.2, 0) is 16.0 Å². The van der Waals surface area contributed by atoms with E-state index in [2.05, 4.69) is 0 Å². The second-order valence-electron chi connectivity index (χ2n) is 8.98. The quantitative estimate of drug-likeness (QED) is 0.371. The molecule has 1 amide bonds. The number of halogens is 1. The monoisotopic (exact) mass is 467 g/mol. The van der Waals surface area contributed by atoms with Gasteiger partial charge in [0.25, 0.3) is 11.7 Å². The number of likely N-dealkylation sites (tertiary alicyclic amines) is 1. The van der Waals surface area contributed by atoms with Crippen molar-refractivity contribution in [3.05, 3.63) is 63.7 Å². The van der Waals surface area contributed by atoms with E-state index < -0.39 is 17.7 Å². The molecule has 1 saturated heterocycles. The van der Waals surface area contributed by atoms with Crippen LogP contribution in [0.1, 0.15) is 61.3 Å². The van der Waals surface area contributed by atoms with Gasteiger partial charge in [0.1, 0.15) is 17.3 Å². The minimum atomic E-state index is -0.765.